The van der Waals surface area contributed by atoms with Gasteiger partial charge in [-0.25, -0.2) is 0 Å². The Kier molecular flexibility index (Phi) is 5.48. The molecule has 2 aromatic carbocycles. The van der Waals surface area contributed by atoms with Gasteiger partial charge in [0, 0.05) is 12.2 Å². The third kappa shape index (κ3) is 4.30. The van der Waals surface area contributed by atoms with Crippen LogP contribution in [0, 0.1) is 0 Å². The molecule has 0 aliphatic heterocycles. The van der Waals surface area contributed by atoms with Crippen LogP contribution in [0.4, 0.5) is 5.69 Å². The van der Waals surface area contributed by atoms with Crippen molar-refractivity contribution >= 4 is 5.69 Å². The van der Waals surface area contributed by atoms with Crippen molar-refractivity contribution in [3.63, 3.8) is 0 Å². The average molecular weight is 269 g/mol. The van der Waals surface area contributed by atoms with Crippen LogP contribution >= 0.6 is 0 Å². The van der Waals surface area contributed by atoms with Gasteiger partial charge in [0.25, 0.3) is 0 Å². The van der Waals surface area contributed by atoms with Crippen LogP contribution in [0.3, 0.4) is 0 Å². The monoisotopic (exact) mass is 269 g/mol. The summed E-state index contributed by atoms with van der Waals surface area (Å²) in [5.41, 5.74) is 2.55. The minimum Gasteiger partial charge on any atom is -0.494 e. The first-order valence-electron chi connectivity index (χ1n) is 7.31. The van der Waals surface area contributed by atoms with E-state index in [-0.39, 0.29) is 0 Å². The first kappa shape index (κ1) is 14.4. The summed E-state index contributed by atoms with van der Waals surface area (Å²) in [6.45, 7) is 5.96. The molecule has 0 saturated carbocycles. The van der Waals surface area contributed by atoms with Gasteiger partial charge in [-0.15, -0.1) is 0 Å². The first-order chi connectivity index (χ1) is 9.79. The molecule has 0 saturated heterocycles. The molecule has 0 bridgehead atoms. The van der Waals surface area contributed by atoms with Crippen LogP contribution in [0.25, 0.3) is 0 Å². The van der Waals surface area contributed by atoms with E-state index in [4.69, 9.17) is 4.74 Å². The first-order valence-corrected chi connectivity index (χ1v) is 7.31. The molecule has 1 N–H and O–H groups in total. The number of nitrogens with one attached hydrogen (secondary N) is 1. The smallest absolute Gasteiger partial charge is 0.119 e. The molecular weight excluding hydrogens is 246 g/mol. The van der Waals surface area contributed by atoms with Crippen molar-refractivity contribution in [2.24, 2.45) is 0 Å². The Morgan fingerprint density at radius 2 is 1.70 bits per heavy atom. The van der Waals surface area contributed by atoms with E-state index < -0.39 is 0 Å². The van der Waals surface area contributed by atoms with Gasteiger partial charge in [0.05, 0.1) is 6.61 Å². The maximum atomic E-state index is 5.43. The Labute approximate surface area is 121 Å². The van der Waals surface area contributed by atoms with Crippen molar-refractivity contribution in [1.82, 2.24) is 0 Å². The van der Waals surface area contributed by atoms with E-state index in [9.17, 15) is 0 Å². The Hall–Kier alpha value is -1.96. The van der Waals surface area contributed by atoms with Crippen molar-refractivity contribution in [2.45, 2.75) is 26.2 Å². The van der Waals surface area contributed by atoms with E-state index in [1.54, 1.807) is 0 Å². The van der Waals surface area contributed by atoms with E-state index >= 15 is 0 Å². The van der Waals surface area contributed by atoms with Gasteiger partial charge in [-0.3, -0.25) is 0 Å². The van der Waals surface area contributed by atoms with E-state index in [1.807, 2.05) is 19.1 Å². The highest BCUT2D eigenvalue weighted by Gasteiger charge is 2.04. The molecule has 106 valence electrons. The summed E-state index contributed by atoms with van der Waals surface area (Å²) in [7, 11) is 0. The Morgan fingerprint density at radius 3 is 2.35 bits per heavy atom. The summed E-state index contributed by atoms with van der Waals surface area (Å²) in [6.07, 6.45) is 1.12. The van der Waals surface area contributed by atoms with Crippen LogP contribution in [0.15, 0.2) is 54.6 Å². The molecule has 0 heterocycles. The lowest BCUT2D eigenvalue weighted by molar-refractivity contribution is 0.340. The lowest BCUT2D eigenvalue weighted by Crippen LogP contribution is -2.05. The van der Waals surface area contributed by atoms with Crippen LogP contribution in [0.5, 0.6) is 5.75 Å². The van der Waals surface area contributed by atoms with Crippen LogP contribution in [-0.4, -0.2) is 13.2 Å². The number of ether oxygens (including phenoxy) is 1. The van der Waals surface area contributed by atoms with Crippen LogP contribution < -0.4 is 10.1 Å². The molecule has 1 atom stereocenters. The summed E-state index contributed by atoms with van der Waals surface area (Å²) >= 11 is 0. The quantitative estimate of drug-likeness (QED) is 0.787. The number of hydrogen-bond acceptors (Lipinski definition) is 2. The third-order valence-electron chi connectivity index (χ3n) is 3.44. The highest BCUT2D eigenvalue weighted by Crippen LogP contribution is 2.19. The fourth-order valence-electron chi connectivity index (χ4n) is 2.22. The molecule has 20 heavy (non-hydrogen) atoms. The van der Waals surface area contributed by atoms with Gasteiger partial charge in [-0.1, -0.05) is 37.3 Å². The van der Waals surface area contributed by atoms with Crippen LogP contribution in [0.1, 0.15) is 31.7 Å². The average Bonchev–Trinajstić information content (AvgIpc) is 2.50. The van der Waals surface area contributed by atoms with Gasteiger partial charge in [0.2, 0.25) is 0 Å². The van der Waals surface area contributed by atoms with Gasteiger partial charge in [-0.2, -0.15) is 0 Å². The van der Waals surface area contributed by atoms with E-state index in [0.29, 0.717) is 12.5 Å². The summed E-state index contributed by atoms with van der Waals surface area (Å²) in [4.78, 5) is 0. The largest absolute Gasteiger partial charge is 0.494 e. The highest BCUT2D eigenvalue weighted by atomic mass is 16.5. The zero-order chi connectivity index (χ0) is 14.2. The minimum absolute atomic E-state index is 0.575. The van der Waals surface area contributed by atoms with E-state index in [1.165, 1.54) is 5.56 Å². The molecule has 0 aliphatic rings. The molecular formula is C18H23NO. The van der Waals surface area contributed by atoms with Crippen LogP contribution in [-0.2, 0) is 0 Å². The lowest BCUT2D eigenvalue weighted by atomic mass is 9.98. The highest BCUT2D eigenvalue weighted by molar-refractivity contribution is 5.46. The predicted molar refractivity (Wildman–Crippen MR) is 85.6 cm³/mol. The molecule has 2 nitrogen and oxygen atoms in total. The normalized spacial score (nSPS) is 11.9. The molecule has 0 fully saturated rings. The molecule has 1 unspecified atom stereocenters. The Morgan fingerprint density at radius 1 is 1.00 bits per heavy atom. The van der Waals surface area contributed by atoms with Crippen molar-refractivity contribution in [3.8, 4) is 5.75 Å². The summed E-state index contributed by atoms with van der Waals surface area (Å²) in [5.74, 6) is 1.50. The Balaban J connectivity index is 1.78. The zero-order valence-electron chi connectivity index (χ0n) is 12.3. The van der Waals surface area contributed by atoms with Crippen molar-refractivity contribution in [2.75, 3.05) is 18.5 Å². The number of anilines is 1. The van der Waals surface area contributed by atoms with E-state index in [0.717, 1.165) is 24.4 Å². The van der Waals surface area contributed by atoms with Gasteiger partial charge < -0.3 is 10.1 Å². The maximum absolute atomic E-state index is 5.43. The lowest BCUT2D eigenvalue weighted by Gasteiger charge is -2.13. The number of rotatable bonds is 7. The molecule has 0 aliphatic carbocycles. The molecule has 2 aromatic rings. The fraction of sp³-hybridized carbons (Fsp3) is 0.333. The number of hydrogen-bond donors (Lipinski definition) is 1. The minimum atomic E-state index is 0.575. The van der Waals surface area contributed by atoms with Gasteiger partial charge in [0.15, 0.2) is 0 Å². The SMILES string of the molecule is CCOc1ccc(NCCC(C)c2ccccc2)cc1. The summed E-state index contributed by atoms with van der Waals surface area (Å²) in [6, 6.07) is 18.8. The molecule has 0 amide bonds. The third-order valence-corrected chi connectivity index (χ3v) is 3.44. The van der Waals surface area contributed by atoms with Gasteiger partial charge in [0.1, 0.15) is 5.75 Å². The zero-order valence-corrected chi connectivity index (χ0v) is 12.3. The van der Waals surface area contributed by atoms with Crippen molar-refractivity contribution < 1.29 is 4.74 Å². The van der Waals surface area contributed by atoms with Crippen molar-refractivity contribution in [3.05, 3.63) is 60.2 Å². The molecule has 0 radical (unpaired) electrons. The molecule has 0 spiro atoms. The number of benzene rings is 2. The molecule has 2 heteroatoms. The summed E-state index contributed by atoms with van der Waals surface area (Å²) < 4.78 is 5.43. The summed E-state index contributed by atoms with van der Waals surface area (Å²) in [5, 5.41) is 3.46. The standard InChI is InChI=1S/C18H23NO/c1-3-20-18-11-9-17(10-12-18)19-14-13-15(2)16-7-5-4-6-8-16/h4-12,15,19H,3,13-14H2,1-2H3. The van der Waals surface area contributed by atoms with Crippen LogP contribution in [0.2, 0.25) is 0 Å². The predicted octanol–water partition coefficient (Wildman–Crippen LogP) is 4.69. The topological polar surface area (TPSA) is 21.3 Å². The molecule has 0 aromatic heterocycles. The van der Waals surface area contributed by atoms with E-state index in [2.05, 4.69) is 54.7 Å². The van der Waals surface area contributed by atoms with Crippen molar-refractivity contribution in [1.29, 1.82) is 0 Å². The second kappa shape index (κ2) is 7.59. The second-order valence-electron chi connectivity index (χ2n) is 4.98. The Bertz CT molecular complexity index is 493. The fourth-order valence-corrected chi connectivity index (χ4v) is 2.22. The van der Waals surface area contributed by atoms with Gasteiger partial charge >= 0.3 is 0 Å². The molecule has 2 rings (SSSR count). The maximum Gasteiger partial charge on any atom is 0.119 e. The van der Waals surface area contributed by atoms with Gasteiger partial charge in [-0.05, 0) is 49.1 Å². The second-order valence-corrected chi connectivity index (χ2v) is 4.98.